The highest BCUT2D eigenvalue weighted by Gasteiger charge is 2.24. The molecular formula is C21H27N5O3. The van der Waals surface area contributed by atoms with Crippen molar-refractivity contribution in [2.45, 2.75) is 38.1 Å². The monoisotopic (exact) mass is 397 g/mol. The van der Waals surface area contributed by atoms with E-state index in [9.17, 15) is 9.90 Å². The second-order valence-electron chi connectivity index (χ2n) is 7.75. The molecule has 0 radical (unpaired) electrons. The number of hydrogen-bond acceptors (Lipinski definition) is 7. The van der Waals surface area contributed by atoms with Crippen LogP contribution in [0.3, 0.4) is 0 Å². The third-order valence-corrected chi connectivity index (χ3v) is 5.48. The van der Waals surface area contributed by atoms with Gasteiger partial charge in [-0.05, 0) is 24.5 Å². The Kier molecular flexibility index (Phi) is 6.03. The highest BCUT2D eigenvalue weighted by molar-refractivity contribution is 5.93. The third-order valence-electron chi connectivity index (χ3n) is 5.48. The van der Waals surface area contributed by atoms with Crippen molar-refractivity contribution < 1.29 is 14.6 Å². The van der Waals surface area contributed by atoms with E-state index in [-0.39, 0.29) is 17.6 Å². The number of ether oxygens (including phenoxy) is 1. The minimum atomic E-state index is -0.671. The van der Waals surface area contributed by atoms with Crippen molar-refractivity contribution in [3.8, 4) is 0 Å². The normalized spacial score (nSPS) is 19.0. The van der Waals surface area contributed by atoms with Crippen molar-refractivity contribution in [3.63, 3.8) is 0 Å². The summed E-state index contributed by atoms with van der Waals surface area (Å²) in [5, 5.41) is 16.7. The number of benzene rings is 1. The summed E-state index contributed by atoms with van der Waals surface area (Å²) in [5.74, 6) is 0.273. The van der Waals surface area contributed by atoms with Crippen molar-refractivity contribution in [1.82, 2.24) is 20.2 Å². The first-order valence-electron chi connectivity index (χ1n) is 10.0. The lowest BCUT2D eigenvalue weighted by molar-refractivity contribution is 0.0209. The van der Waals surface area contributed by atoms with Crippen LogP contribution in [-0.4, -0.2) is 70.4 Å². The summed E-state index contributed by atoms with van der Waals surface area (Å²) in [6.45, 7) is 5.31. The van der Waals surface area contributed by atoms with Crippen LogP contribution in [0.5, 0.6) is 0 Å². The van der Waals surface area contributed by atoms with Gasteiger partial charge in [0.2, 0.25) is 0 Å². The number of aromatic nitrogens is 2. The van der Waals surface area contributed by atoms with E-state index in [1.165, 1.54) is 17.5 Å². The largest absolute Gasteiger partial charge is 0.390 e. The lowest BCUT2D eigenvalue weighted by Crippen LogP contribution is -2.47. The lowest BCUT2D eigenvalue weighted by atomic mass is 9.99. The molecule has 8 nitrogen and oxygen atoms in total. The minimum Gasteiger partial charge on any atom is -0.390 e. The molecule has 2 aliphatic rings. The first-order valence-corrected chi connectivity index (χ1v) is 10.0. The quantitative estimate of drug-likeness (QED) is 0.636. The Morgan fingerprint density at radius 2 is 2.10 bits per heavy atom. The van der Waals surface area contributed by atoms with Gasteiger partial charge in [0.15, 0.2) is 0 Å². The highest BCUT2D eigenvalue weighted by Crippen LogP contribution is 2.19. The van der Waals surface area contributed by atoms with Crippen LogP contribution in [0.25, 0.3) is 0 Å². The van der Waals surface area contributed by atoms with Crippen LogP contribution >= 0.6 is 0 Å². The summed E-state index contributed by atoms with van der Waals surface area (Å²) < 4.78 is 5.13. The van der Waals surface area contributed by atoms with E-state index in [4.69, 9.17) is 4.74 Å². The molecule has 0 aliphatic carbocycles. The van der Waals surface area contributed by atoms with Crippen molar-refractivity contribution in [3.05, 3.63) is 53.5 Å². The smallest absolute Gasteiger partial charge is 0.270 e. The SMILES string of the molecule is CC(NC(=O)c1cc(NC2COC2)ncn1)C(O)CN1CCc2ccccc2C1. The number of aliphatic hydroxyl groups excluding tert-OH is 1. The molecule has 1 fully saturated rings. The molecular weight excluding hydrogens is 370 g/mol. The number of nitrogens with one attached hydrogen (secondary N) is 2. The summed E-state index contributed by atoms with van der Waals surface area (Å²) in [6, 6.07) is 9.85. The van der Waals surface area contributed by atoms with E-state index in [0.717, 1.165) is 19.5 Å². The maximum absolute atomic E-state index is 12.6. The molecule has 1 aromatic carbocycles. The maximum Gasteiger partial charge on any atom is 0.270 e. The second-order valence-corrected chi connectivity index (χ2v) is 7.75. The number of rotatable bonds is 7. The molecule has 1 saturated heterocycles. The fourth-order valence-electron chi connectivity index (χ4n) is 3.60. The van der Waals surface area contributed by atoms with E-state index >= 15 is 0 Å². The van der Waals surface area contributed by atoms with Crippen LogP contribution in [-0.2, 0) is 17.7 Å². The van der Waals surface area contributed by atoms with Crippen molar-refractivity contribution in [2.24, 2.45) is 0 Å². The molecule has 1 aromatic heterocycles. The minimum absolute atomic E-state index is 0.219. The molecule has 2 atom stereocenters. The lowest BCUT2D eigenvalue weighted by Gasteiger charge is -2.32. The van der Waals surface area contributed by atoms with Gasteiger partial charge in [-0.3, -0.25) is 9.69 Å². The summed E-state index contributed by atoms with van der Waals surface area (Å²) in [7, 11) is 0. The van der Waals surface area contributed by atoms with Gasteiger partial charge in [-0.1, -0.05) is 24.3 Å². The molecule has 154 valence electrons. The molecule has 0 spiro atoms. The molecule has 2 aromatic rings. The average Bonchev–Trinajstić information content (AvgIpc) is 2.70. The van der Waals surface area contributed by atoms with Gasteiger partial charge in [-0.2, -0.15) is 0 Å². The highest BCUT2D eigenvalue weighted by atomic mass is 16.5. The van der Waals surface area contributed by atoms with Crippen LogP contribution in [0.4, 0.5) is 5.82 Å². The third kappa shape index (κ3) is 4.90. The number of β-amino-alcohol motifs (C(OH)–C–C–N with tert-alkyl or cyclic N) is 1. The van der Waals surface area contributed by atoms with Gasteiger partial charge in [0, 0.05) is 25.7 Å². The topological polar surface area (TPSA) is 99.6 Å². The molecule has 2 unspecified atom stereocenters. The van der Waals surface area contributed by atoms with Crippen LogP contribution in [0.2, 0.25) is 0 Å². The molecule has 0 bridgehead atoms. The Bertz CT molecular complexity index is 858. The van der Waals surface area contributed by atoms with E-state index in [1.54, 1.807) is 6.07 Å². The summed E-state index contributed by atoms with van der Waals surface area (Å²) >= 11 is 0. The first kappa shape index (κ1) is 19.8. The second kappa shape index (κ2) is 8.86. The van der Waals surface area contributed by atoms with Gasteiger partial charge in [0.25, 0.3) is 5.91 Å². The van der Waals surface area contributed by atoms with E-state index < -0.39 is 12.1 Å². The predicted octanol–water partition coefficient (Wildman–Crippen LogP) is 0.825. The zero-order valence-electron chi connectivity index (χ0n) is 16.5. The Balaban J connectivity index is 1.30. The number of amides is 1. The van der Waals surface area contributed by atoms with Gasteiger partial charge in [-0.15, -0.1) is 0 Å². The number of fused-ring (bicyclic) bond motifs is 1. The van der Waals surface area contributed by atoms with E-state index in [1.807, 2.05) is 13.0 Å². The first-order chi connectivity index (χ1) is 14.1. The van der Waals surface area contributed by atoms with Gasteiger partial charge in [0.1, 0.15) is 17.8 Å². The van der Waals surface area contributed by atoms with Gasteiger partial charge < -0.3 is 20.5 Å². The van der Waals surface area contributed by atoms with Crippen molar-refractivity contribution in [1.29, 1.82) is 0 Å². The Labute approximate surface area is 170 Å². The number of aliphatic hydroxyl groups is 1. The zero-order valence-corrected chi connectivity index (χ0v) is 16.5. The molecule has 2 aliphatic heterocycles. The average molecular weight is 397 g/mol. The fourth-order valence-corrected chi connectivity index (χ4v) is 3.60. The number of anilines is 1. The summed E-state index contributed by atoms with van der Waals surface area (Å²) in [6.07, 6.45) is 1.67. The van der Waals surface area contributed by atoms with Crippen molar-refractivity contribution in [2.75, 3.05) is 31.6 Å². The fraction of sp³-hybridized carbons (Fsp3) is 0.476. The molecule has 29 heavy (non-hydrogen) atoms. The van der Waals surface area contributed by atoms with Crippen molar-refractivity contribution >= 4 is 11.7 Å². The number of carbonyl (C=O) groups is 1. The van der Waals surface area contributed by atoms with Crippen LogP contribution in [0.15, 0.2) is 36.7 Å². The van der Waals surface area contributed by atoms with Crippen LogP contribution in [0.1, 0.15) is 28.5 Å². The van der Waals surface area contributed by atoms with Crippen LogP contribution < -0.4 is 10.6 Å². The molecule has 0 saturated carbocycles. The van der Waals surface area contributed by atoms with Gasteiger partial charge in [-0.25, -0.2) is 9.97 Å². The number of hydrogen-bond donors (Lipinski definition) is 3. The molecule has 1 amide bonds. The molecule has 8 heteroatoms. The summed E-state index contributed by atoms with van der Waals surface area (Å²) in [5.41, 5.74) is 2.95. The predicted molar refractivity (Wildman–Crippen MR) is 109 cm³/mol. The Hall–Kier alpha value is -2.55. The Morgan fingerprint density at radius 1 is 1.31 bits per heavy atom. The summed E-state index contributed by atoms with van der Waals surface area (Å²) in [4.78, 5) is 23.0. The maximum atomic E-state index is 12.6. The van der Waals surface area contributed by atoms with Gasteiger partial charge in [0.05, 0.1) is 31.4 Å². The Morgan fingerprint density at radius 3 is 2.86 bits per heavy atom. The molecule has 4 rings (SSSR count). The van der Waals surface area contributed by atoms with Crippen LogP contribution in [0, 0.1) is 0 Å². The number of nitrogens with zero attached hydrogens (tertiary/aromatic N) is 3. The van der Waals surface area contributed by atoms with E-state index in [0.29, 0.717) is 25.6 Å². The van der Waals surface area contributed by atoms with Gasteiger partial charge >= 0.3 is 0 Å². The van der Waals surface area contributed by atoms with E-state index in [2.05, 4.69) is 43.7 Å². The standard InChI is InChI=1S/C21H27N5O3/c1-14(19(27)10-26-7-6-15-4-2-3-5-16(15)9-26)24-21(28)18-8-20(23-13-22-18)25-17-11-29-12-17/h2-5,8,13-14,17,19,27H,6-7,9-12H2,1H3,(H,24,28)(H,22,23,25). The molecule has 3 N–H and O–H groups in total. The number of carbonyl (C=O) groups excluding carboxylic acids is 1. The zero-order chi connectivity index (χ0) is 20.2. The molecule has 3 heterocycles.